The largest absolute Gasteiger partial charge is 0.493 e. The first-order chi connectivity index (χ1) is 12.4. The van der Waals surface area contributed by atoms with E-state index in [1.54, 1.807) is 23.1 Å². The van der Waals surface area contributed by atoms with Crippen LogP contribution in [0.4, 0.5) is 0 Å². The number of ether oxygens (including phenoxy) is 3. The highest BCUT2D eigenvalue weighted by Crippen LogP contribution is 2.43. The van der Waals surface area contributed by atoms with Gasteiger partial charge in [0.1, 0.15) is 0 Å². The van der Waals surface area contributed by atoms with E-state index in [1.165, 1.54) is 7.11 Å². The number of carboxylic acid groups (broad SMARTS) is 1. The third-order valence-corrected chi connectivity index (χ3v) is 5.19. The van der Waals surface area contributed by atoms with Crippen LogP contribution in [0.5, 0.6) is 11.5 Å². The van der Waals surface area contributed by atoms with Gasteiger partial charge in [-0.05, 0) is 38.5 Å². The molecule has 0 aromatic heterocycles. The standard InChI is InChI=1S/C19H25NO6/c1-12(2)26-15-5-4-13(8-16(15)24-3)17(21)20-9-14-10-25-7-6-19(14,11-20)18(22)23/h4-5,8,12,14H,6-7,9-11H2,1-3H3,(H,22,23)/t14-,19+/m0/s1. The third kappa shape index (κ3) is 3.23. The van der Waals surface area contributed by atoms with E-state index in [1.807, 2.05) is 13.8 Å². The number of amides is 1. The molecule has 26 heavy (non-hydrogen) atoms. The summed E-state index contributed by atoms with van der Waals surface area (Å²) in [5.74, 6) is -0.168. The molecule has 1 N–H and O–H groups in total. The monoisotopic (exact) mass is 363 g/mol. The summed E-state index contributed by atoms with van der Waals surface area (Å²) in [6.45, 7) is 5.22. The average Bonchev–Trinajstić information content (AvgIpc) is 3.02. The van der Waals surface area contributed by atoms with Gasteiger partial charge in [0.15, 0.2) is 11.5 Å². The SMILES string of the molecule is COc1cc(C(=O)N2C[C@H]3COCC[C@@]3(C(=O)O)C2)ccc1OC(C)C. The molecule has 0 saturated carbocycles. The number of carboxylic acids is 1. The summed E-state index contributed by atoms with van der Waals surface area (Å²) >= 11 is 0. The Morgan fingerprint density at radius 2 is 2.12 bits per heavy atom. The zero-order valence-electron chi connectivity index (χ0n) is 15.4. The molecule has 2 heterocycles. The second kappa shape index (κ2) is 7.15. The van der Waals surface area contributed by atoms with Crippen LogP contribution in [0, 0.1) is 11.3 Å². The normalized spacial score (nSPS) is 25.1. The lowest BCUT2D eigenvalue weighted by atomic mass is 9.74. The van der Waals surface area contributed by atoms with Gasteiger partial charge in [-0.3, -0.25) is 9.59 Å². The maximum atomic E-state index is 13.0. The van der Waals surface area contributed by atoms with Gasteiger partial charge >= 0.3 is 5.97 Å². The van der Waals surface area contributed by atoms with Crippen LogP contribution in [-0.4, -0.2) is 61.4 Å². The molecule has 2 aliphatic heterocycles. The highest BCUT2D eigenvalue weighted by molar-refractivity contribution is 5.96. The molecular formula is C19H25NO6. The summed E-state index contributed by atoms with van der Waals surface area (Å²) in [5.41, 5.74) is -0.448. The maximum absolute atomic E-state index is 13.0. The van der Waals surface area contributed by atoms with Crippen LogP contribution in [0.3, 0.4) is 0 Å². The summed E-state index contributed by atoms with van der Waals surface area (Å²) in [4.78, 5) is 26.4. The number of carbonyl (C=O) groups is 2. The number of hydrogen-bond acceptors (Lipinski definition) is 5. The van der Waals surface area contributed by atoms with Crippen molar-refractivity contribution >= 4 is 11.9 Å². The van der Waals surface area contributed by atoms with E-state index in [2.05, 4.69) is 0 Å². The van der Waals surface area contributed by atoms with E-state index < -0.39 is 11.4 Å². The predicted molar refractivity (Wildman–Crippen MR) is 93.7 cm³/mol. The molecule has 2 atom stereocenters. The zero-order chi connectivity index (χ0) is 18.9. The van der Waals surface area contributed by atoms with Gasteiger partial charge in [0.25, 0.3) is 5.91 Å². The van der Waals surface area contributed by atoms with Crippen LogP contribution in [0.15, 0.2) is 18.2 Å². The summed E-state index contributed by atoms with van der Waals surface area (Å²) in [6, 6.07) is 5.05. The van der Waals surface area contributed by atoms with E-state index in [4.69, 9.17) is 14.2 Å². The lowest BCUT2D eigenvalue weighted by Gasteiger charge is -2.33. The topological polar surface area (TPSA) is 85.3 Å². The Bertz CT molecular complexity index is 703. The zero-order valence-corrected chi connectivity index (χ0v) is 15.4. The van der Waals surface area contributed by atoms with Crippen LogP contribution in [0.1, 0.15) is 30.6 Å². The molecule has 1 amide bonds. The lowest BCUT2D eigenvalue weighted by molar-refractivity contribution is -0.157. The molecule has 3 rings (SSSR count). The molecule has 0 unspecified atom stereocenters. The molecule has 0 bridgehead atoms. The first-order valence-corrected chi connectivity index (χ1v) is 8.82. The number of rotatable bonds is 5. The van der Waals surface area contributed by atoms with Gasteiger partial charge < -0.3 is 24.2 Å². The first kappa shape index (κ1) is 18.5. The van der Waals surface area contributed by atoms with Crippen molar-refractivity contribution in [1.29, 1.82) is 0 Å². The van der Waals surface area contributed by atoms with Gasteiger partial charge in [-0.25, -0.2) is 0 Å². The second-order valence-corrected chi connectivity index (χ2v) is 7.20. The van der Waals surface area contributed by atoms with Crippen molar-refractivity contribution in [3.05, 3.63) is 23.8 Å². The summed E-state index contributed by atoms with van der Waals surface area (Å²) < 4.78 is 16.5. The quantitative estimate of drug-likeness (QED) is 0.862. The van der Waals surface area contributed by atoms with Crippen LogP contribution >= 0.6 is 0 Å². The van der Waals surface area contributed by atoms with Gasteiger partial charge in [-0.15, -0.1) is 0 Å². The Morgan fingerprint density at radius 1 is 1.35 bits per heavy atom. The molecule has 0 spiro atoms. The highest BCUT2D eigenvalue weighted by Gasteiger charge is 2.54. The number of benzene rings is 1. The Hall–Kier alpha value is -2.28. The number of fused-ring (bicyclic) bond motifs is 1. The molecule has 2 fully saturated rings. The number of carbonyl (C=O) groups excluding carboxylic acids is 1. The first-order valence-electron chi connectivity index (χ1n) is 8.82. The van der Waals surface area contributed by atoms with Crippen molar-refractivity contribution in [3.8, 4) is 11.5 Å². The van der Waals surface area contributed by atoms with Crippen LogP contribution in [0.2, 0.25) is 0 Å². The molecule has 7 heteroatoms. The summed E-state index contributed by atoms with van der Waals surface area (Å²) in [5, 5.41) is 9.74. The Labute approximate surface area is 152 Å². The molecule has 142 valence electrons. The number of nitrogens with zero attached hydrogens (tertiary/aromatic N) is 1. The van der Waals surface area contributed by atoms with E-state index in [9.17, 15) is 14.7 Å². The number of methoxy groups -OCH3 is 1. The van der Waals surface area contributed by atoms with Gasteiger partial charge in [0.2, 0.25) is 0 Å². The lowest BCUT2D eigenvalue weighted by Crippen LogP contribution is -2.45. The Morgan fingerprint density at radius 3 is 2.73 bits per heavy atom. The molecule has 7 nitrogen and oxygen atoms in total. The smallest absolute Gasteiger partial charge is 0.311 e. The van der Waals surface area contributed by atoms with Crippen molar-refractivity contribution in [1.82, 2.24) is 4.90 Å². The Kier molecular flexibility index (Phi) is 5.09. The van der Waals surface area contributed by atoms with Crippen LogP contribution in [-0.2, 0) is 9.53 Å². The summed E-state index contributed by atoms with van der Waals surface area (Å²) in [6.07, 6.45) is 0.420. The van der Waals surface area contributed by atoms with Gasteiger partial charge in [-0.2, -0.15) is 0 Å². The van der Waals surface area contributed by atoms with Crippen molar-refractivity contribution in [2.45, 2.75) is 26.4 Å². The third-order valence-electron chi connectivity index (χ3n) is 5.19. The van der Waals surface area contributed by atoms with Crippen molar-refractivity contribution in [2.75, 3.05) is 33.4 Å². The number of likely N-dealkylation sites (tertiary alicyclic amines) is 1. The van der Waals surface area contributed by atoms with Gasteiger partial charge in [-0.1, -0.05) is 0 Å². The fourth-order valence-electron chi connectivity index (χ4n) is 3.79. The van der Waals surface area contributed by atoms with Crippen molar-refractivity contribution < 1.29 is 28.9 Å². The highest BCUT2D eigenvalue weighted by atomic mass is 16.5. The molecule has 2 aliphatic rings. The molecule has 1 aromatic carbocycles. The van der Waals surface area contributed by atoms with E-state index in [0.29, 0.717) is 43.2 Å². The minimum atomic E-state index is -0.904. The van der Waals surface area contributed by atoms with Crippen molar-refractivity contribution in [3.63, 3.8) is 0 Å². The minimum absolute atomic E-state index is 0.0115. The molecule has 2 saturated heterocycles. The van der Waals surface area contributed by atoms with E-state index in [0.717, 1.165) is 0 Å². The average molecular weight is 363 g/mol. The Balaban J connectivity index is 1.82. The number of aliphatic carboxylic acids is 1. The van der Waals surface area contributed by atoms with Crippen molar-refractivity contribution in [2.24, 2.45) is 11.3 Å². The fraction of sp³-hybridized carbons (Fsp3) is 0.579. The molecule has 0 radical (unpaired) electrons. The van der Waals surface area contributed by atoms with E-state index in [-0.39, 0.29) is 24.5 Å². The van der Waals surface area contributed by atoms with Crippen LogP contribution in [0.25, 0.3) is 0 Å². The van der Waals surface area contributed by atoms with Gasteiger partial charge in [0, 0.05) is 31.2 Å². The minimum Gasteiger partial charge on any atom is -0.493 e. The fourth-order valence-corrected chi connectivity index (χ4v) is 3.79. The predicted octanol–water partition coefficient (Wildman–Crippen LogP) is 2.05. The number of hydrogen-bond donors (Lipinski definition) is 1. The molecular weight excluding hydrogens is 338 g/mol. The second-order valence-electron chi connectivity index (χ2n) is 7.20. The van der Waals surface area contributed by atoms with Crippen LogP contribution < -0.4 is 9.47 Å². The molecule has 1 aromatic rings. The van der Waals surface area contributed by atoms with Gasteiger partial charge in [0.05, 0.1) is 25.2 Å². The summed E-state index contributed by atoms with van der Waals surface area (Å²) in [7, 11) is 1.53. The van der Waals surface area contributed by atoms with E-state index >= 15 is 0 Å². The maximum Gasteiger partial charge on any atom is 0.311 e. The molecule has 0 aliphatic carbocycles.